The van der Waals surface area contributed by atoms with Crippen molar-refractivity contribution in [2.45, 2.75) is 65.0 Å². The molecule has 4 aromatic rings. The van der Waals surface area contributed by atoms with Crippen LogP contribution in [0.4, 0.5) is 19.3 Å². The minimum Gasteiger partial charge on any atom is -0.455 e. The molecule has 13 heteroatoms. The maximum atomic E-state index is 13.8. The highest BCUT2D eigenvalue weighted by Gasteiger charge is 2.31. The van der Waals surface area contributed by atoms with E-state index >= 15 is 0 Å². The highest BCUT2D eigenvalue weighted by molar-refractivity contribution is 7.92. The van der Waals surface area contributed by atoms with E-state index in [2.05, 4.69) is 10.6 Å². The number of ether oxygens (including phenoxy) is 1. The van der Waals surface area contributed by atoms with Crippen molar-refractivity contribution in [3.8, 4) is 22.5 Å². The lowest BCUT2D eigenvalue weighted by molar-refractivity contribution is 0.0493. The zero-order valence-corrected chi connectivity index (χ0v) is 30.2. The van der Waals surface area contributed by atoms with Gasteiger partial charge in [0.25, 0.3) is 5.91 Å². The zero-order chi connectivity index (χ0) is 37.1. The van der Waals surface area contributed by atoms with Gasteiger partial charge < -0.3 is 19.8 Å². The monoisotopic (exact) mass is 723 g/mol. The molecule has 3 aromatic carbocycles. The van der Waals surface area contributed by atoms with Crippen LogP contribution in [0.15, 0.2) is 65.1 Å². The first-order chi connectivity index (χ1) is 24.1. The molecule has 0 saturated heterocycles. The first kappa shape index (κ1) is 37.5. The van der Waals surface area contributed by atoms with Gasteiger partial charge in [-0.25, -0.2) is 22.0 Å². The minimum absolute atomic E-state index is 0.00593. The van der Waals surface area contributed by atoms with E-state index in [1.165, 1.54) is 30.3 Å². The normalized spacial score (nSPS) is 16.2. The molecule has 1 saturated carbocycles. The van der Waals surface area contributed by atoms with E-state index in [1.807, 2.05) is 0 Å². The number of sulfonamides is 1. The molecule has 1 aliphatic rings. The molecule has 2 atom stereocenters. The van der Waals surface area contributed by atoms with Crippen molar-refractivity contribution in [3.05, 3.63) is 77.6 Å². The smallest absolute Gasteiger partial charge is 0.407 e. The number of anilines is 1. The number of carbonyl (C=O) groups excluding carboxylic acids is 3. The van der Waals surface area contributed by atoms with Crippen molar-refractivity contribution in [3.63, 3.8) is 0 Å². The lowest BCUT2D eigenvalue weighted by Gasteiger charge is -2.25. The SMILES string of the molecule is CCC(=O)c1c(-c2ccc(F)cc2)oc2cc(N(CCF)S(C)(=O)=O)c(-c3cccc(C(=O)NCC4CCCC4NC(=O)OC(C)(C)C)c3)cc12. The lowest BCUT2D eigenvalue weighted by atomic mass is 9.95. The Bertz CT molecular complexity index is 2040. The number of furan rings is 1. The first-order valence-corrected chi connectivity index (χ1v) is 18.8. The molecule has 0 spiro atoms. The molecule has 2 N–H and O–H groups in total. The number of amides is 2. The van der Waals surface area contributed by atoms with Gasteiger partial charge in [0.05, 0.1) is 24.1 Å². The topological polar surface area (TPSA) is 135 Å². The fourth-order valence-corrected chi connectivity index (χ4v) is 7.36. The Morgan fingerprint density at radius 2 is 1.75 bits per heavy atom. The standard InChI is InChI=1S/C38H43F2N3O7S/c1-6-32(44)34-29-20-28(31(43(18-17-39)51(5,47)48)21-33(29)49-35(34)23-13-15-27(40)16-14-23)24-9-7-10-25(19-24)36(45)41-22-26-11-8-12-30(26)42-37(46)50-38(2,3)4/h7,9-10,13-16,19-21,26,30H,6,8,11-12,17-18,22H2,1-5H3,(H,41,45)(H,42,46). The molecular formula is C38H43F2N3O7S. The maximum Gasteiger partial charge on any atom is 0.407 e. The van der Waals surface area contributed by atoms with Crippen LogP contribution in [0.5, 0.6) is 0 Å². The number of benzene rings is 3. The van der Waals surface area contributed by atoms with Crippen molar-refractivity contribution in [2.75, 3.05) is 30.3 Å². The number of fused-ring (bicyclic) bond motifs is 1. The molecule has 0 aliphatic heterocycles. The van der Waals surface area contributed by atoms with Gasteiger partial charge in [0.1, 0.15) is 29.4 Å². The number of Topliss-reactive ketones (excluding diaryl/α,β-unsaturated/α-hetero) is 1. The van der Waals surface area contributed by atoms with Gasteiger partial charge in [-0.1, -0.05) is 25.5 Å². The van der Waals surface area contributed by atoms with Crippen LogP contribution in [0, 0.1) is 11.7 Å². The van der Waals surface area contributed by atoms with Crippen molar-refractivity contribution in [1.82, 2.24) is 10.6 Å². The summed E-state index contributed by atoms with van der Waals surface area (Å²) in [7, 11) is -4.00. The first-order valence-electron chi connectivity index (χ1n) is 16.9. The predicted molar refractivity (Wildman–Crippen MR) is 193 cm³/mol. The average molecular weight is 724 g/mol. The van der Waals surface area contributed by atoms with Crippen LogP contribution in [-0.4, -0.2) is 63.9 Å². The summed E-state index contributed by atoms with van der Waals surface area (Å²) >= 11 is 0. The number of nitrogens with one attached hydrogen (secondary N) is 2. The molecule has 0 bridgehead atoms. The predicted octanol–water partition coefficient (Wildman–Crippen LogP) is 7.66. The van der Waals surface area contributed by atoms with Crippen LogP contribution < -0.4 is 14.9 Å². The number of rotatable bonds is 12. The second-order valence-corrected chi connectivity index (χ2v) is 15.6. The van der Waals surface area contributed by atoms with Gasteiger partial charge in [0.15, 0.2) is 5.78 Å². The van der Waals surface area contributed by atoms with Crippen molar-refractivity contribution < 1.29 is 40.7 Å². The highest BCUT2D eigenvalue weighted by Crippen LogP contribution is 2.42. The van der Waals surface area contributed by atoms with Crippen LogP contribution in [0.3, 0.4) is 0 Å². The molecule has 1 aromatic heterocycles. The van der Waals surface area contributed by atoms with Gasteiger partial charge in [-0.2, -0.15) is 0 Å². The summed E-state index contributed by atoms with van der Waals surface area (Å²) in [6.45, 7) is 5.91. The van der Waals surface area contributed by atoms with E-state index < -0.39 is 40.8 Å². The third-order valence-corrected chi connectivity index (χ3v) is 9.97. The van der Waals surface area contributed by atoms with Crippen molar-refractivity contribution >= 4 is 44.5 Å². The second-order valence-electron chi connectivity index (χ2n) is 13.7. The van der Waals surface area contributed by atoms with Gasteiger partial charge in [0.2, 0.25) is 10.0 Å². The summed E-state index contributed by atoms with van der Waals surface area (Å²) in [5.41, 5.74) is 1.37. The Kier molecular flexibility index (Phi) is 11.2. The second kappa shape index (κ2) is 15.2. The van der Waals surface area contributed by atoms with Crippen LogP contribution in [0.25, 0.3) is 33.4 Å². The molecule has 1 heterocycles. The molecular weight excluding hydrogens is 680 g/mol. The number of carbonyl (C=O) groups is 3. The minimum atomic E-state index is -4.00. The molecule has 5 rings (SSSR count). The van der Waals surface area contributed by atoms with Crippen LogP contribution in [0.2, 0.25) is 0 Å². The van der Waals surface area contributed by atoms with Crippen LogP contribution in [-0.2, 0) is 14.8 Å². The summed E-state index contributed by atoms with van der Waals surface area (Å²) in [6, 6.07) is 14.9. The number of alkyl carbamates (subject to hydrolysis) is 1. The number of alkyl halides is 1. The Balaban J connectivity index is 1.53. The van der Waals surface area contributed by atoms with Gasteiger partial charge in [-0.15, -0.1) is 0 Å². The Labute approximate surface area is 296 Å². The Morgan fingerprint density at radius 1 is 1.02 bits per heavy atom. The summed E-state index contributed by atoms with van der Waals surface area (Å²) in [6.07, 6.45) is 3.04. The van der Waals surface area contributed by atoms with Crippen molar-refractivity contribution in [2.24, 2.45) is 5.92 Å². The highest BCUT2D eigenvalue weighted by atomic mass is 32.2. The summed E-state index contributed by atoms with van der Waals surface area (Å²) in [5.74, 6) is -0.920. The molecule has 1 fully saturated rings. The van der Waals surface area contributed by atoms with Crippen LogP contribution >= 0.6 is 0 Å². The quantitative estimate of drug-likeness (QED) is 0.143. The molecule has 0 radical (unpaired) electrons. The summed E-state index contributed by atoms with van der Waals surface area (Å²) in [5, 5.41) is 6.27. The van der Waals surface area contributed by atoms with E-state index in [1.54, 1.807) is 58.0 Å². The average Bonchev–Trinajstić information content (AvgIpc) is 3.67. The number of ketones is 1. The third-order valence-electron chi connectivity index (χ3n) is 8.79. The fourth-order valence-electron chi connectivity index (χ4n) is 6.45. The Hall–Kier alpha value is -4.78. The summed E-state index contributed by atoms with van der Waals surface area (Å²) in [4.78, 5) is 39.3. The number of hydrogen-bond acceptors (Lipinski definition) is 7. The number of hydrogen-bond donors (Lipinski definition) is 2. The fraction of sp³-hybridized carbons (Fsp3) is 0.395. The van der Waals surface area contributed by atoms with E-state index in [0.29, 0.717) is 28.6 Å². The van der Waals surface area contributed by atoms with E-state index in [0.717, 1.165) is 29.8 Å². The van der Waals surface area contributed by atoms with E-state index in [-0.39, 0.29) is 58.2 Å². The van der Waals surface area contributed by atoms with E-state index in [4.69, 9.17) is 9.15 Å². The third kappa shape index (κ3) is 8.76. The van der Waals surface area contributed by atoms with Gasteiger partial charge in [0, 0.05) is 47.2 Å². The Morgan fingerprint density at radius 3 is 2.39 bits per heavy atom. The maximum absolute atomic E-state index is 13.8. The van der Waals surface area contributed by atoms with Crippen molar-refractivity contribution in [1.29, 1.82) is 0 Å². The van der Waals surface area contributed by atoms with Gasteiger partial charge in [-0.3, -0.25) is 13.9 Å². The number of nitrogens with zero attached hydrogens (tertiary/aromatic N) is 1. The van der Waals surface area contributed by atoms with Gasteiger partial charge >= 0.3 is 6.09 Å². The van der Waals surface area contributed by atoms with Gasteiger partial charge in [-0.05, 0) is 87.6 Å². The van der Waals surface area contributed by atoms with E-state index in [9.17, 15) is 31.6 Å². The molecule has 2 amide bonds. The molecule has 1 aliphatic carbocycles. The summed E-state index contributed by atoms with van der Waals surface area (Å²) < 4.78 is 66.1. The van der Waals surface area contributed by atoms with Crippen LogP contribution in [0.1, 0.15) is 74.1 Å². The zero-order valence-electron chi connectivity index (χ0n) is 29.3. The largest absolute Gasteiger partial charge is 0.455 e. The molecule has 272 valence electrons. The lowest BCUT2D eigenvalue weighted by Crippen LogP contribution is -2.44. The molecule has 2 unspecified atom stereocenters. The number of halogens is 2. The molecule has 10 nitrogen and oxygen atoms in total. The molecule has 51 heavy (non-hydrogen) atoms.